The van der Waals surface area contributed by atoms with Crippen LogP contribution in [0.3, 0.4) is 0 Å². The summed E-state index contributed by atoms with van der Waals surface area (Å²) in [6.45, 7) is 6.35. The van der Waals surface area contributed by atoms with E-state index in [1.54, 1.807) is 12.4 Å². The summed E-state index contributed by atoms with van der Waals surface area (Å²) in [6.07, 6.45) is -1.58. The van der Waals surface area contributed by atoms with Gasteiger partial charge in [0.1, 0.15) is 10.7 Å². The summed E-state index contributed by atoms with van der Waals surface area (Å²) < 4.78 is 32.7. The normalized spacial score (nSPS) is 13.1. The van der Waals surface area contributed by atoms with Crippen molar-refractivity contribution in [3.8, 4) is 0 Å². The van der Waals surface area contributed by atoms with E-state index in [2.05, 4.69) is 38.1 Å². The van der Waals surface area contributed by atoms with Gasteiger partial charge in [0.2, 0.25) is 0 Å². The van der Waals surface area contributed by atoms with Crippen molar-refractivity contribution in [3.63, 3.8) is 0 Å². The number of aliphatic carboxylic acids is 1. The molecule has 0 saturated heterocycles. The molecule has 2 rings (SSSR count). The smallest absolute Gasteiger partial charge is 0.475 e. The molecule has 0 aromatic carbocycles. The molecular weight excluding hydrogens is 477 g/mol. The molecule has 0 aliphatic rings. The third kappa shape index (κ3) is 7.71. The van der Waals surface area contributed by atoms with Crippen molar-refractivity contribution < 1.29 is 27.9 Å². The first-order valence-corrected chi connectivity index (χ1v) is 9.86. The largest absolute Gasteiger partial charge is 0.490 e. The molecule has 2 atom stereocenters. The molecule has 12 heteroatoms. The van der Waals surface area contributed by atoms with E-state index in [1.165, 1.54) is 11.3 Å². The van der Waals surface area contributed by atoms with Crippen LogP contribution in [0.15, 0.2) is 22.9 Å². The second-order valence-corrected chi connectivity index (χ2v) is 8.15. The molecule has 0 fully saturated rings. The maximum Gasteiger partial charge on any atom is 0.490 e. The molecule has 7 nitrogen and oxygen atoms in total. The number of pyridine rings is 1. The van der Waals surface area contributed by atoms with Crippen LogP contribution in [0.5, 0.6) is 0 Å². The maximum absolute atomic E-state index is 12.3. The number of nitrogens with two attached hydrogens (primary N) is 1. The first-order chi connectivity index (χ1) is 13.3. The van der Waals surface area contributed by atoms with Crippen molar-refractivity contribution in [1.29, 1.82) is 0 Å². The zero-order valence-electron chi connectivity index (χ0n) is 15.7. The highest BCUT2D eigenvalue weighted by molar-refractivity contribution is 9.10. The fraction of sp³-hybridized carbons (Fsp3) is 0.412. The van der Waals surface area contributed by atoms with Crippen molar-refractivity contribution in [2.24, 2.45) is 5.73 Å². The summed E-state index contributed by atoms with van der Waals surface area (Å²) >= 11 is 4.95. The van der Waals surface area contributed by atoms with Crippen LogP contribution in [0, 0.1) is 6.92 Å². The van der Waals surface area contributed by atoms with Gasteiger partial charge in [0.15, 0.2) is 0 Å². The number of hydrogen-bond acceptors (Lipinski definition) is 6. The van der Waals surface area contributed by atoms with Crippen molar-refractivity contribution in [2.45, 2.75) is 38.9 Å². The molecule has 0 aliphatic heterocycles. The lowest BCUT2D eigenvalue weighted by Crippen LogP contribution is -2.28. The standard InChI is InChI=1S/C15H19BrN4OS.C2HF3O2/c1-8(11-4-5-18-7-12(11)16)6-19-14(21)13-10(3)22-15(20-13)9(2)17;3-2(4,5)1(6)7/h4-5,7-9H,6,17H2,1-3H3,(H,19,21);(H,6,7). The molecule has 0 aliphatic carbocycles. The van der Waals surface area contributed by atoms with Crippen LogP contribution in [0.1, 0.15) is 51.7 Å². The molecular formula is C17H20BrF3N4O3S. The minimum Gasteiger partial charge on any atom is -0.475 e. The Balaban J connectivity index is 0.000000516. The molecule has 0 saturated carbocycles. The molecule has 2 heterocycles. The topological polar surface area (TPSA) is 118 Å². The zero-order chi connectivity index (χ0) is 22.4. The van der Waals surface area contributed by atoms with Crippen LogP contribution >= 0.6 is 27.3 Å². The van der Waals surface area contributed by atoms with Crippen molar-refractivity contribution >= 4 is 39.1 Å². The van der Waals surface area contributed by atoms with Gasteiger partial charge >= 0.3 is 12.1 Å². The quantitative estimate of drug-likeness (QED) is 0.579. The Bertz CT molecular complexity index is 859. The summed E-state index contributed by atoms with van der Waals surface area (Å²) in [5.74, 6) is -2.74. The number of carbonyl (C=O) groups excluding carboxylic acids is 1. The van der Waals surface area contributed by atoms with Gasteiger partial charge in [-0.1, -0.05) is 6.92 Å². The Morgan fingerprint density at radius 2 is 1.97 bits per heavy atom. The van der Waals surface area contributed by atoms with Crippen LogP contribution in [-0.2, 0) is 4.79 Å². The molecule has 2 aromatic heterocycles. The van der Waals surface area contributed by atoms with E-state index in [0.29, 0.717) is 12.2 Å². The maximum atomic E-state index is 12.3. The molecule has 1 amide bonds. The third-order valence-corrected chi connectivity index (χ3v) is 5.40. The third-order valence-electron chi connectivity index (χ3n) is 3.56. The summed E-state index contributed by atoms with van der Waals surface area (Å²) in [5, 5.41) is 10.9. The zero-order valence-corrected chi connectivity index (χ0v) is 18.2. The molecule has 4 N–H and O–H groups in total. The van der Waals surface area contributed by atoms with E-state index < -0.39 is 12.1 Å². The number of carbonyl (C=O) groups is 2. The predicted octanol–water partition coefficient (Wildman–Crippen LogP) is 3.80. The molecule has 2 unspecified atom stereocenters. The van der Waals surface area contributed by atoms with Gasteiger partial charge in [0.05, 0.1) is 6.04 Å². The number of rotatable bonds is 5. The van der Waals surface area contributed by atoms with Crippen molar-refractivity contribution in [3.05, 3.63) is 44.1 Å². The van der Waals surface area contributed by atoms with Crippen LogP contribution in [0.2, 0.25) is 0 Å². The first-order valence-electron chi connectivity index (χ1n) is 8.25. The van der Waals surface area contributed by atoms with Crippen LogP contribution in [0.25, 0.3) is 0 Å². The minimum atomic E-state index is -5.08. The van der Waals surface area contributed by atoms with E-state index in [-0.39, 0.29) is 17.9 Å². The minimum absolute atomic E-state index is 0.155. The highest BCUT2D eigenvalue weighted by atomic mass is 79.9. The number of carboxylic acids is 1. The Morgan fingerprint density at radius 3 is 2.41 bits per heavy atom. The van der Waals surface area contributed by atoms with Gasteiger partial charge in [-0.15, -0.1) is 11.3 Å². The Hall–Kier alpha value is -2.05. The number of nitrogens with one attached hydrogen (secondary N) is 1. The number of carboxylic acid groups (broad SMARTS) is 1. The van der Waals surface area contributed by atoms with Gasteiger partial charge in [0, 0.05) is 28.3 Å². The molecule has 160 valence electrons. The fourth-order valence-electron chi connectivity index (χ4n) is 2.05. The van der Waals surface area contributed by atoms with Crippen molar-refractivity contribution in [2.75, 3.05) is 6.54 Å². The van der Waals surface area contributed by atoms with E-state index in [1.807, 2.05) is 19.9 Å². The Morgan fingerprint density at radius 1 is 1.38 bits per heavy atom. The molecule has 0 bridgehead atoms. The van der Waals surface area contributed by atoms with Gasteiger partial charge in [-0.3, -0.25) is 9.78 Å². The fourth-order valence-corrected chi connectivity index (χ4v) is 3.56. The highest BCUT2D eigenvalue weighted by Gasteiger charge is 2.38. The SMILES string of the molecule is Cc1sc(C(C)N)nc1C(=O)NCC(C)c1ccncc1Br.O=C(O)C(F)(F)F. The number of aryl methyl sites for hydroxylation is 1. The van der Waals surface area contributed by atoms with E-state index in [4.69, 9.17) is 15.6 Å². The summed E-state index contributed by atoms with van der Waals surface area (Å²) in [7, 11) is 0. The number of amides is 1. The van der Waals surface area contributed by atoms with Gasteiger partial charge in [-0.2, -0.15) is 13.2 Å². The second-order valence-electron chi connectivity index (χ2n) is 6.06. The first kappa shape index (κ1) is 25.0. The number of thiazole rings is 1. The van der Waals surface area contributed by atoms with Gasteiger partial charge < -0.3 is 16.2 Å². The second kappa shape index (κ2) is 10.6. The number of nitrogens with zero attached hydrogens (tertiary/aromatic N) is 2. The summed E-state index contributed by atoms with van der Waals surface area (Å²) in [5.41, 5.74) is 7.40. The highest BCUT2D eigenvalue weighted by Crippen LogP contribution is 2.24. The van der Waals surface area contributed by atoms with Gasteiger partial charge in [-0.25, -0.2) is 9.78 Å². The van der Waals surface area contributed by atoms with E-state index in [9.17, 15) is 18.0 Å². The number of alkyl halides is 3. The van der Waals surface area contributed by atoms with Crippen LogP contribution < -0.4 is 11.1 Å². The lowest BCUT2D eigenvalue weighted by atomic mass is 10.0. The van der Waals surface area contributed by atoms with Crippen molar-refractivity contribution in [1.82, 2.24) is 15.3 Å². The molecule has 0 spiro atoms. The van der Waals surface area contributed by atoms with E-state index >= 15 is 0 Å². The van der Waals surface area contributed by atoms with E-state index in [0.717, 1.165) is 19.9 Å². The summed E-state index contributed by atoms with van der Waals surface area (Å²) in [6, 6.07) is 1.79. The summed E-state index contributed by atoms with van der Waals surface area (Å²) in [4.78, 5) is 30.5. The van der Waals surface area contributed by atoms with Gasteiger partial charge in [-0.05, 0) is 47.3 Å². The number of halogens is 4. The monoisotopic (exact) mass is 496 g/mol. The Kier molecular flexibility index (Phi) is 9.17. The predicted molar refractivity (Wildman–Crippen MR) is 106 cm³/mol. The van der Waals surface area contributed by atoms with Crippen LogP contribution in [-0.4, -0.2) is 39.7 Å². The molecule has 29 heavy (non-hydrogen) atoms. The average Bonchev–Trinajstić information content (AvgIpc) is 3.01. The molecule has 0 radical (unpaired) electrons. The lowest BCUT2D eigenvalue weighted by Gasteiger charge is -2.14. The molecule has 2 aromatic rings. The Labute approximate surface area is 177 Å². The number of hydrogen-bond donors (Lipinski definition) is 3. The average molecular weight is 497 g/mol. The van der Waals surface area contributed by atoms with Crippen LogP contribution in [0.4, 0.5) is 13.2 Å². The lowest BCUT2D eigenvalue weighted by molar-refractivity contribution is -0.192. The number of aromatic nitrogens is 2. The van der Waals surface area contributed by atoms with Gasteiger partial charge in [0.25, 0.3) is 5.91 Å².